The van der Waals surface area contributed by atoms with Crippen LogP contribution in [0.4, 0.5) is 0 Å². The molecule has 1 N–H and O–H groups in total. The first-order valence-electron chi connectivity index (χ1n) is 4.62. The summed E-state index contributed by atoms with van der Waals surface area (Å²) in [4.78, 5) is 14.6. The number of nitrogens with one attached hydrogen (secondary N) is 1. The summed E-state index contributed by atoms with van der Waals surface area (Å²) in [6, 6.07) is 3.78. The summed E-state index contributed by atoms with van der Waals surface area (Å²) >= 11 is 0. The van der Waals surface area contributed by atoms with Crippen LogP contribution in [0.2, 0.25) is 0 Å². The Hall–Kier alpha value is -1.26. The first-order chi connectivity index (χ1) is 6.90. The highest BCUT2D eigenvalue weighted by Crippen LogP contribution is 2.12. The smallest absolute Gasteiger partial charge is 0.151 e. The second-order valence-corrected chi connectivity index (χ2v) is 3.22. The lowest BCUT2D eigenvalue weighted by Gasteiger charge is -2.23. The van der Waals surface area contributed by atoms with Gasteiger partial charge >= 0.3 is 0 Å². The number of carbonyl (C=O) groups is 1. The van der Waals surface area contributed by atoms with E-state index in [1.807, 2.05) is 6.07 Å². The third-order valence-corrected chi connectivity index (χ3v) is 2.22. The van der Waals surface area contributed by atoms with Gasteiger partial charge in [-0.3, -0.25) is 9.78 Å². The standard InChI is InChI=1S/C10H12N2O2/c13-6-8-1-2-9(12-5-8)10-7-14-4-3-11-10/h1-2,5-6,10-11H,3-4,7H2/t10-/m1/s1. The average molecular weight is 192 g/mol. The molecule has 4 heteroatoms. The summed E-state index contributed by atoms with van der Waals surface area (Å²) < 4.78 is 5.32. The van der Waals surface area contributed by atoms with Gasteiger partial charge in [-0.25, -0.2) is 0 Å². The molecule has 0 unspecified atom stereocenters. The zero-order valence-corrected chi connectivity index (χ0v) is 7.77. The van der Waals surface area contributed by atoms with Gasteiger partial charge in [0.2, 0.25) is 0 Å². The molecule has 0 spiro atoms. The van der Waals surface area contributed by atoms with Crippen LogP contribution in [0.15, 0.2) is 18.3 Å². The molecule has 0 amide bonds. The Morgan fingerprint density at radius 3 is 3.07 bits per heavy atom. The minimum Gasteiger partial charge on any atom is -0.378 e. The molecule has 1 aromatic heterocycles. The van der Waals surface area contributed by atoms with Crippen molar-refractivity contribution < 1.29 is 9.53 Å². The number of morpholine rings is 1. The lowest BCUT2D eigenvalue weighted by atomic mass is 10.1. The van der Waals surface area contributed by atoms with Gasteiger partial charge in [-0.1, -0.05) is 0 Å². The Labute approximate surface area is 82.3 Å². The van der Waals surface area contributed by atoms with Gasteiger partial charge in [0.15, 0.2) is 6.29 Å². The molecule has 2 rings (SSSR count). The molecule has 1 aliphatic rings. The van der Waals surface area contributed by atoms with Gasteiger partial charge in [0, 0.05) is 18.3 Å². The average Bonchev–Trinajstić information content (AvgIpc) is 2.30. The second kappa shape index (κ2) is 4.30. The van der Waals surface area contributed by atoms with E-state index in [0.29, 0.717) is 12.2 Å². The van der Waals surface area contributed by atoms with Crippen LogP contribution in [-0.2, 0) is 4.74 Å². The molecule has 2 heterocycles. The summed E-state index contributed by atoms with van der Waals surface area (Å²) in [6.07, 6.45) is 2.38. The number of pyridine rings is 1. The van der Waals surface area contributed by atoms with Gasteiger partial charge in [0.25, 0.3) is 0 Å². The molecule has 14 heavy (non-hydrogen) atoms. The molecule has 0 saturated carbocycles. The van der Waals surface area contributed by atoms with Gasteiger partial charge < -0.3 is 10.1 Å². The van der Waals surface area contributed by atoms with E-state index in [1.54, 1.807) is 12.3 Å². The minimum atomic E-state index is 0.157. The van der Waals surface area contributed by atoms with Crippen LogP contribution in [0.25, 0.3) is 0 Å². The SMILES string of the molecule is O=Cc1ccc([C@H]2COCCN2)nc1. The largest absolute Gasteiger partial charge is 0.378 e. The normalized spacial score (nSPS) is 21.9. The van der Waals surface area contributed by atoms with E-state index in [9.17, 15) is 4.79 Å². The molecule has 1 atom stereocenters. The van der Waals surface area contributed by atoms with Crippen molar-refractivity contribution in [2.75, 3.05) is 19.8 Å². The molecule has 1 aromatic rings. The first kappa shape index (κ1) is 9.30. The van der Waals surface area contributed by atoms with Crippen LogP contribution in [0.1, 0.15) is 22.1 Å². The van der Waals surface area contributed by atoms with Crippen LogP contribution >= 0.6 is 0 Å². The quantitative estimate of drug-likeness (QED) is 0.695. The van der Waals surface area contributed by atoms with Gasteiger partial charge in [-0.05, 0) is 12.1 Å². The van der Waals surface area contributed by atoms with Crippen molar-refractivity contribution in [3.63, 3.8) is 0 Å². The molecule has 74 valence electrons. The molecule has 0 aromatic carbocycles. The van der Waals surface area contributed by atoms with Gasteiger partial charge in [-0.15, -0.1) is 0 Å². The zero-order valence-electron chi connectivity index (χ0n) is 7.77. The molecular formula is C10H12N2O2. The molecule has 1 fully saturated rings. The van der Waals surface area contributed by atoms with Crippen LogP contribution in [0.3, 0.4) is 0 Å². The summed E-state index contributed by atoms with van der Waals surface area (Å²) in [7, 11) is 0. The third kappa shape index (κ3) is 1.97. The lowest BCUT2D eigenvalue weighted by molar-refractivity contribution is 0.0756. The number of hydrogen-bond donors (Lipinski definition) is 1. The monoisotopic (exact) mass is 192 g/mol. The van der Waals surface area contributed by atoms with Crippen molar-refractivity contribution >= 4 is 6.29 Å². The van der Waals surface area contributed by atoms with Crippen LogP contribution in [0, 0.1) is 0 Å². The second-order valence-electron chi connectivity index (χ2n) is 3.22. The predicted octanol–water partition coefficient (Wildman–Crippen LogP) is 0.555. The van der Waals surface area contributed by atoms with Gasteiger partial charge in [0.1, 0.15) is 0 Å². The van der Waals surface area contributed by atoms with E-state index in [1.165, 1.54) is 0 Å². The highest BCUT2D eigenvalue weighted by molar-refractivity contribution is 5.73. The van der Waals surface area contributed by atoms with Crippen molar-refractivity contribution in [2.24, 2.45) is 0 Å². The summed E-state index contributed by atoms with van der Waals surface area (Å²) in [5.74, 6) is 0. The van der Waals surface area contributed by atoms with Crippen LogP contribution in [0.5, 0.6) is 0 Å². The van der Waals surface area contributed by atoms with Crippen molar-refractivity contribution in [3.8, 4) is 0 Å². The highest BCUT2D eigenvalue weighted by Gasteiger charge is 2.15. The summed E-state index contributed by atoms with van der Waals surface area (Å²) in [6.45, 7) is 2.25. The molecule has 1 saturated heterocycles. The number of rotatable bonds is 2. The fourth-order valence-corrected chi connectivity index (χ4v) is 1.45. The number of nitrogens with zero attached hydrogens (tertiary/aromatic N) is 1. The summed E-state index contributed by atoms with van der Waals surface area (Å²) in [5.41, 5.74) is 1.53. The maximum atomic E-state index is 10.4. The minimum absolute atomic E-state index is 0.157. The molecular weight excluding hydrogens is 180 g/mol. The van der Waals surface area contributed by atoms with Crippen LogP contribution < -0.4 is 5.32 Å². The summed E-state index contributed by atoms with van der Waals surface area (Å²) in [5, 5.41) is 3.30. The van der Waals surface area contributed by atoms with E-state index >= 15 is 0 Å². The highest BCUT2D eigenvalue weighted by atomic mass is 16.5. The molecule has 0 radical (unpaired) electrons. The molecule has 0 bridgehead atoms. The Balaban J connectivity index is 2.11. The topological polar surface area (TPSA) is 51.2 Å². The van der Waals surface area contributed by atoms with Gasteiger partial charge in [0.05, 0.1) is 24.9 Å². The zero-order chi connectivity index (χ0) is 9.80. The van der Waals surface area contributed by atoms with E-state index in [4.69, 9.17) is 4.74 Å². The number of hydrogen-bond acceptors (Lipinski definition) is 4. The first-order valence-corrected chi connectivity index (χ1v) is 4.62. The van der Waals surface area contributed by atoms with E-state index in [-0.39, 0.29) is 6.04 Å². The van der Waals surface area contributed by atoms with Crippen molar-refractivity contribution in [1.29, 1.82) is 0 Å². The maximum Gasteiger partial charge on any atom is 0.151 e. The van der Waals surface area contributed by atoms with Crippen molar-refractivity contribution in [3.05, 3.63) is 29.6 Å². The van der Waals surface area contributed by atoms with E-state index < -0.39 is 0 Å². The fourth-order valence-electron chi connectivity index (χ4n) is 1.45. The Morgan fingerprint density at radius 2 is 2.50 bits per heavy atom. The van der Waals surface area contributed by atoms with Crippen LogP contribution in [-0.4, -0.2) is 31.0 Å². The van der Waals surface area contributed by atoms with E-state index in [0.717, 1.165) is 25.1 Å². The number of aldehydes is 1. The van der Waals surface area contributed by atoms with Crippen molar-refractivity contribution in [1.82, 2.24) is 10.3 Å². The Morgan fingerprint density at radius 1 is 1.57 bits per heavy atom. The van der Waals surface area contributed by atoms with E-state index in [2.05, 4.69) is 10.3 Å². The third-order valence-electron chi connectivity index (χ3n) is 2.22. The maximum absolute atomic E-state index is 10.4. The Bertz CT molecular complexity index is 304. The number of ether oxygens (including phenoxy) is 1. The van der Waals surface area contributed by atoms with Gasteiger partial charge in [-0.2, -0.15) is 0 Å². The molecule has 4 nitrogen and oxygen atoms in total. The molecule has 0 aliphatic carbocycles. The fraction of sp³-hybridized carbons (Fsp3) is 0.400. The Kier molecular flexibility index (Phi) is 2.86. The molecule has 1 aliphatic heterocycles. The number of carbonyl (C=O) groups excluding carboxylic acids is 1. The lowest BCUT2D eigenvalue weighted by Crippen LogP contribution is -2.35. The predicted molar refractivity (Wildman–Crippen MR) is 51.2 cm³/mol. The number of aromatic nitrogens is 1. The van der Waals surface area contributed by atoms with Crippen molar-refractivity contribution in [2.45, 2.75) is 6.04 Å².